The quantitative estimate of drug-likeness (QED) is 0.517. The Kier molecular flexibility index (Phi) is 2.96. The molecule has 0 heteroatoms. The molecule has 5 saturated carbocycles. The molecule has 0 aromatic carbocycles. The van der Waals surface area contributed by atoms with E-state index in [2.05, 4.69) is 20.8 Å². The summed E-state index contributed by atoms with van der Waals surface area (Å²) in [6.07, 6.45) is 15.6. The highest BCUT2D eigenvalue weighted by Crippen LogP contribution is 2.91. The molecule has 5 rings (SSSR count). The Morgan fingerprint density at radius 3 is 2.55 bits per heavy atom. The SMILES string of the molecule is CCCCC1(C2CC2C)CCCC1CC12C3CC3C1C2CC. The highest BCUT2D eigenvalue weighted by atomic mass is 14.9. The first-order valence-corrected chi connectivity index (χ1v) is 10.7. The van der Waals surface area contributed by atoms with E-state index in [4.69, 9.17) is 0 Å². The van der Waals surface area contributed by atoms with Crippen LogP contribution in [0.4, 0.5) is 0 Å². The van der Waals surface area contributed by atoms with E-state index in [1.54, 1.807) is 44.9 Å². The Morgan fingerprint density at radius 1 is 1.09 bits per heavy atom. The Hall–Kier alpha value is 0. The van der Waals surface area contributed by atoms with Gasteiger partial charge in [0.05, 0.1) is 0 Å². The van der Waals surface area contributed by atoms with E-state index in [0.29, 0.717) is 0 Å². The van der Waals surface area contributed by atoms with E-state index in [9.17, 15) is 0 Å². The summed E-state index contributed by atoms with van der Waals surface area (Å²) < 4.78 is 0. The van der Waals surface area contributed by atoms with Gasteiger partial charge in [-0.1, -0.05) is 46.5 Å². The van der Waals surface area contributed by atoms with Crippen LogP contribution in [-0.2, 0) is 0 Å². The van der Waals surface area contributed by atoms with E-state index in [1.165, 1.54) is 37.0 Å². The van der Waals surface area contributed by atoms with E-state index < -0.39 is 0 Å². The van der Waals surface area contributed by atoms with Crippen LogP contribution < -0.4 is 0 Å². The fourth-order valence-corrected chi connectivity index (χ4v) is 8.51. The fourth-order valence-electron chi connectivity index (χ4n) is 8.51. The maximum atomic E-state index is 2.54. The summed E-state index contributed by atoms with van der Waals surface area (Å²) in [5, 5.41) is 0. The molecule has 9 unspecified atom stereocenters. The molecule has 0 aromatic heterocycles. The minimum absolute atomic E-state index is 0.801. The van der Waals surface area contributed by atoms with Crippen LogP contribution in [-0.4, -0.2) is 0 Å². The molecule has 0 heterocycles. The van der Waals surface area contributed by atoms with E-state index in [-0.39, 0.29) is 0 Å². The van der Waals surface area contributed by atoms with Gasteiger partial charge in [-0.2, -0.15) is 0 Å². The maximum absolute atomic E-state index is 2.54. The molecule has 0 bridgehead atoms. The first-order valence-electron chi connectivity index (χ1n) is 10.7. The van der Waals surface area contributed by atoms with Gasteiger partial charge in [-0.3, -0.25) is 0 Å². The molecule has 0 N–H and O–H groups in total. The lowest BCUT2D eigenvalue weighted by Crippen LogP contribution is -2.33. The normalized spacial score (nSPS) is 60.4. The molecule has 124 valence electrons. The van der Waals surface area contributed by atoms with E-state index >= 15 is 0 Å². The summed E-state index contributed by atoms with van der Waals surface area (Å²) in [4.78, 5) is 0. The third-order valence-electron chi connectivity index (χ3n) is 9.52. The first-order chi connectivity index (χ1) is 10.7. The van der Waals surface area contributed by atoms with Gasteiger partial charge in [-0.25, -0.2) is 0 Å². The third-order valence-corrected chi connectivity index (χ3v) is 9.52. The zero-order valence-electron chi connectivity index (χ0n) is 15.1. The van der Waals surface area contributed by atoms with Crippen molar-refractivity contribution in [3.05, 3.63) is 0 Å². The number of unbranched alkanes of at least 4 members (excludes halogenated alkanes) is 1. The van der Waals surface area contributed by atoms with Gasteiger partial charge in [0.2, 0.25) is 0 Å². The molecule has 0 aliphatic heterocycles. The Bertz CT molecular complexity index is 461. The van der Waals surface area contributed by atoms with Crippen LogP contribution in [0.3, 0.4) is 0 Å². The maximum Gasteiger partial charge on any atom is -0.0198 e. The molecule has 0 spiro atoms. The molecular weight excluding hydrogens is 264 g/mol. The second kappa shape index (κ2) is 4.54. The average Bonchev–Trinajstić information content (AvgIpc) is 3.42. The largest absolute Gasteiger partial charge is 0.0654 e. The summed E-state index contributed by atoms with van der Waals surface area (Å²) in [6, 6.07) is 0. The zero-order chi connectivity index (χ0) is 15.1. The van der Waals surface area contributed by atoms with Gasteiger partial charge in [0, 0.05) is 0 Å². The Balaban J connectivity index is 1.36. The second-order valence-electron chi connectivity index (χ2n) is 10.1. The predicted molar refractivity (Wildman–Crippen MR) is 92.5 cm³/mol. The summed E-state index contributed by atoms with van der Waals surface area (Å²) in [7, 11) is 0. The van der Waals surface area contributed by atoms with Gasteiger partial charge < -0.3 is 0 Å². The van der Waals surface area contributed by atoms with Crippen LogP contribution in [0.1, 0.15) is 85.0 Å². The van der Waals surface area contributed by atoms with E-state index in [0.717, 1.165) is 34.5 Å². The lowest BCUT2D eigenvalue weighted by Gasteiger charge is -2.41. The smallest absolute Gasteiger partial charge is 0.0198 e. The third kappa shape index (κ3) is 1.61. The van der Waals surface area contributed by atoms with Crippen LogP contribution in [0.2, 0.25) is 0 Å². The fraction of sp³-hybridized carbons (Fsp3) is 1.00. The summed E-state index contributed by atoms with van der Waals surface area (Å²) in [5.41, 5.74) is 1.71. The molecule has 5 aliphatic rings. The minimum atomic E-state index is 0.801. The predicted octanol–water partition coefficient (Wildman–Crippen LogP) is 6.30. The molecule has 22 heavy (non-hydrogen) atoms. The molecule has 0 aromatic rings. The Labute approximate surface area is 137 Å². The van der Waals surface area contributed by atoms with Gasteiger partial charge in [-0.15, -0.1) is 0 Å². The van der Waals surface area contributed by atoms with Crippen molar-refractivity contribution >= 4 is 0 Å². The highest BCUT2D eigenvalue weighted by molar-refractivity contribution is 5.33. The van der Waals surface area contributed by atoms with Gasteiger partial charge >= 0.3 is 0 Å². The molecule has 0 saturated heterocycles. The van der Waals surface area contributed by atoms with Crippen LogP contribution in [0, 0.1) is 52.3 Å². The van der Waals surface area contributed by atoms with Crippen molar-refractivity contribution in [3.63, 3.8) is 0 Å². The van der Waals surface area contributed by atoms with Crippen LogP contribution >= 0.6 is 0 Å². The van der Waals surface area contributed by atoms with Crippen molar-refractivity contribution in [2.75, 3.05) is 0 Å². The molecule has 0 radical (unpaired) electrons. The van der Waals surface area contributed by atoms with Crippen molar-refractivity contribution in [1.82, 2.24) is 0 Å². The monoisotopic (exact) mass is 300 g/mol. The van der Waals surface area contributed by atoms with Crippen LogP contribution in [0.5, 0.6) is 0 Å². The summed E-state index contributed by atoms with van der Waals surface area (Å²) in [5.74, 6) is 8.10. The van der Waals surface area contributed by atoms with Crippen molar-refractivity contribution in [3.8, 4) is 0 Å². The number of hydrogen-bond donors (Lipinski definition) is 0. The average molecular weight is 301 g/mol. The molecule has 0 amide bonds. The number of rotatable bonds is 7. The zero-order valence-corrected chi connectivity index (χ0v) is 15.1. The number of fused-ring (bicyclic) bond motifs is 4. The van der Waals surface area contributed by atoms with Crippen LogP contribution in [0.15, 0.2) is 0 Å². The van der Waals surface area contributed by atoms with Crippen LogP contribution in [0.25, 0.3) is 0 Å². The van der Waals surface area contributed by atoms with Crippen molar-refractivity contribution in [1.29, 1.82) is 0 Å². The Morgan fingerprint density at radius 2 is 1.91 bits per heavy atom. The highest BCUT2D eigenvalue weighted by Gasteiger charge is 2.86. The number of hydrogen-bond acceptors (Lipinski definition) is 0. The van der Waals surface area contributed by atoms with Gasteiger partial charge in [0.15, 0.2) is 0 Å². The minimum Gasteiger partial charge on any atom is -0.0654 e. The molecule has 5 aliphatic carbocycles. The van der Waals surface area contributed by atoms with E-state index in [1.807, 2.05) is 0 Å². The van der Waals surface area contributed by atoms with Crippen molar-refractivity contribution in [2.45, 2.75) is 85.0 Å². The standard InChI is InChI=1S/C22H36/c1-4-6-9-21(18-11-14(18)3)10-7-8-15(21)13-22-17(5-2)20(22)16-12-19(16)22/h14-20H,4-13H2,1-3H3. The first kappa shape index (κ1) is 14.4. The molecule has 5 fully saturated rings. The van der Waals surface area contributed by atoms with Crippen molar-refractivity contribution in [2.24, 2.45) is 52.3 Å². The summed E-state index contributed by atoms with van der Waals surface area (Å²) >= 11 is 0. The lowest BCUT2D eigenvalue weighted by molar-refractivity contribution is 0.0794. The second-order valence-corrected chi connectivity index (χ2v) is 10.1. The van der Waals surface area contributed by atoms with Gasteiger partial charge in [-0.05, 0) is 90.8 Å². The van der Waals surface area contributed by atoms with Gasteiger partial charge in [0.1, 0.15) is 0 Å². The molecule has 0 nitrogen and oxygen atoms in total. The molecular formula is C22H36. The summed E-state index contributed by atoms with van der Waals surface area (Å²) in [6.45, 7) is 7.42. The topological polar surface area (TPSA) is 0 Å². The van der Waals surface area contributed by atoms with Crippen molar-refractivity contribution < 1.29 is 0 Å². The van der Waals surface area contributed by atoms with Gasteiger partial charge in [0.25, 0.3) is 0 Å². The lowest BCUT2D eigenvalue weighted by atomic mass is 9.64. The molecule has 9 atom stereocenters.